The normalized spacial score (nSPS) is 11.8. The van der Waals surface area contributed by atoms with Crippen LogP contribution in [0.1, 0.15) is 28.3 Å². The van der Waals surface area contributed by atoms with Crippen LogP contribution in [0.5, 0.6) is 0 Å². The third-order valence-corrected chi connectivity index (χ3v) is 4.17. The van der Waals surface area contributed by atoms with E-state index in [4.69, 9.17) is 10.5 Å². The van der Waals surface area contributed by atoms with Gasteiger partial charge in [-0.25, -0.2) is 14.6 Å². The van der Waals surface area contributed by atoms with Gasteiger partial charge >= 0.3 is 23.8 Å². The van der Waals surface area contributed by atoms with Crippen molar-refractivity contribution in [3.05, 3.63) is 39.7 Å². The molecule has 3 rings (SSSR count). The maximum Gasteiger partial charge on any atom is 0.411 e. The number of fused-ring (bicyclic) bond motifs is 1. The highest BCUT2D eigenvalue weighted by Crippen LogP contribution is 2.28. The zero-order valence-electron chi connectivity index (χ0n) is 15.8. The van der Waals surface area contributed by atoms with Crippen molar-refractivity contribution in [2.45, 2.75) is 33.0 Å². The van der Waals surface area contributed by atoms with Crippen molar-refractivity contribution < 1.29 is 27.7 Å². The number of nitrogen functional groups attached to an aromatic ring is 1. The smallest absolute Gasteiger partial charge is 0.411 e. The number of carbonyl (C=O) groups is 1. The zero-order valence-corrected chi connectivity index (χ0v) is 15.8. The highest BCUT2D eigenvalue weighted by molar-refractivity contribution is 5.98. The first kappa shape index (κ1) is 20.3. The molecule has 154 valence electrons. The average Bonchev–Trinajstić information content (AvgIpc) is 2.94. The Morgan fingerprint density at radius 1 is 1.28 bits per heavy atom. The molecule has 0 saturated carbocycles. The van der Waals surface area contributed by atoms with Crippen LogP contribution in [0.2, 0.25) is 0 Å². The maximum atomic E-state index is 12.6. The molecule has 0 saturated heterocycles. The van der Waals surface area contributed by atoms with Gasteiger partial charge in [0.2, 0.25) is 5.65 Å². The van der Waals surface area contributed by atoms with Crippen LogP contribution in [-0.4, -0.2) is 38.4 Å². The Morgan fingerprint density at radius 2 is 1.90 bits per heavy atom. The van der Waals surface area contributed by atoms with E-state index >= 15 is 0 Å². The largest absolute Gasteiger partial charge is 0.463 e. The molecule has 0 atom stereocenters. The van der Waals surface area contributed by atoms with Crippen LogP contribution >= 0.6 is 0 Å². The van der Waals surface area contributed by atoms with Crippen LogP contribution in [0.4, 0.5) is 19.1 Å². The summed E-state index contributed by atoms with van der Waals surface area (Å²) in [7, 11) is 1.16. The molecule has 0 aliphatic carbocycles. The molecule has 0 aromatic carbocycles. The van der Waals surface area contributed by atoms with E-state index in [1.54, 1.807) is 26.0 Å². The third kappa shape index (κ3) is 3.91. The molecule has 29 heavy (non-hydrogen) atoms. The Labute approximate surface area is 161 Å². The van der Waals surface area contributed by atoms with Gasteiger partial charge in [0.15, 0.2) is 5.69 Å². The summed E-state index contributed by atoms with van der Waals surface area (Å²) >= 11 is 0. The van der Waals surface area contributed by atoms with E-state index in [0.29, 0.717) is 21.6 Å². The fourth-order valence-corrected chi connectivity index (χ4v) is 3.03. The second kappa shape index (κ2) is 7.18. The molecule has 0 bridgehead atoms. The molecule has 0 aliphatic rings. The van der Waals surface area contributed by atoms with Gasteiger partial charge in [-0.2, -0.15) is 17.9 Å². The van der Waals surface area contributed by atoms with Gasteiger partial charge in [-0.05, 0) is 31.5 Å². The van der Waals surface area contributed by atoms with Gasteiger partial charge in [0, 0.05) is 11.4 Å². The number of carbonyl (C=O) groups excluding carboxylic acids is 1. The van der Waals surface area contributed by atoms with Crippen molar-refractivity contribution in [2.24, 2.45) is 0 Å². The van der Waals surface area contributed by atoms with E-state index in [-0.39, 0.29) is 22.9 Å². The minimum absolute atomic E-state index is 0.0705. The number of halogens is 3. The number of H-pyrrole nitrogens is 1. The first-order valence-electron chi connectivity index (χ1n) is 8.47. The van der Waals surface area contributed by atoms with E-state index in [0.717, 1.165) is 11.5 Å². The first-order chi connectivity index (χ1) is 13.5. The third-order valence-electron chi connectivity index (χ3n) is 4.17. The van der Waals surface area contributed by atoms with E-state index in [9.17, 15) is 22.8 Å². The van der Waals surface area contributed by atoms with E-state index in [1.165, 1.54) is 0 Å². The van der Waals surface area contributed by atoms with Gasteiger partial charge in [-0.1, -0.05) is 0 Å². The highest BCUT2D eigenvalue weighted by Gasteiger charge is 2.31. The van der Waals surface area contributed by atoms with E-state index in [1.807, 2.05) is 0 Å². The number of esters is 1. The SMILES string of the molecule is COC(=O)c1[nH+]c(N)n2c(=O)n(CCC(F)(F)F)nc2c1-c1cc(C)nc(C)c1. The van der Waals surface area contributed by atoms with Crippen LogP contribution in [0, 0.1) is 13.8 Å². The monoisotopic (exact) mass is 411 g/mol. The number of rotatable bonds is 4. The number of nitrogens with two attached hydrogens (primary N) is 1. The summed E-state index contributed by atoms with van der Waals surface area (Å²) in [5.41, 5.74) is 6.75. The number of aryl methyl sites for hydroxylation is 3. The summed E-state index contributed by atoms with van der Waals surface area (Å²) in [4.78, 5) is 31.8. The number of methoxy groups -OCH3 is 1. The summed E-state index contributed by atoms with van der Waals surface area (Å²) in [6, 6.07) is 3.30. The van der Waals surface area contributed by atoms with Gasteiger partial charge in [0.1, 0.15) is 0 Å². The Hall–Kier alpha value is -3.44. The molecule has 9 nitrogen and oxygen atoms in total. The van der Waals surface area contributed by atoms with Crippen LogP contribution in [-0.2, 0) is 11.3 Å². The summed E-state index contributed by atoms with van der Waals surface area (Å²) < 4.78 is 44.2. The van der Waals surface area contributed by atoms with Crippen LogP contribution in [0.15, 0.2) is 16.9 Å². The van der Waals surface area contributed by atoms with Crippen molar-refractivity contribution in [3.8, 4) is 11.1 Å². The molecule has 0 unspecified atom stereocenters. The van der Waals surface area contributed by atoms with E-state index in [2.05, 4.69) is 15.1 Å². The van der Waals surface area contributed by atoms with Crippen molar-refractivity contribution in [2.75, 3.05) is 12.8 Å². The standard InChI is InChI=1S/C17H17F3N6O3/c1-8-6-10(7-9(2)22-8)11-12(14(27)29-3)23-15(21)26-13(11)24-25(16(26)28)5-4-17(18,19)20/h6-7H,4-5H2,1-3H3,(H2,21,23)/p+1. The lowest BCUT2D eigenvalue weighted by Crippen LogP contribution is -2.31. The van der Waals surface area contributed by atoms with Gasteiger partial charge in [-0.3, -0.25) is 10.7 Å². The van der Waals surface area contributed by atoms with Crippen molar-refractivity contribution in [1.29, 1.82) is 0 Å². The number of aromatic nitrogens is 5. The second-order valence-corrected chi connectivity index (χ2v) is 6.42. The number of alkyl halides is 3. The number of nitrogens with one attached hydrogen (secondary N) is 1. The highest BCUT2D eigenvalue weighted by atomic mass is 19.4. The fraction of sp³-hybridized carbons (Fsp3) is 0.353. The van der Waals surface area contributed by atoms with Crippen LogP contribution in [0.25, 0.3) is 16.8 Å². The molecule has 0 amide bonds. The van der Waals surface area contributed by atoms with Gasteiger partial charge < -0.3 is 4.74 Å². The molecule has 0 radical (unpaired) electrons. The molecule has 3 aromatic rings. The van der Waals surface area contributed by atoms with Gasteiger partial charge in [0.25, 0.3) is 0 Å². The zero-order chi connectivity index (χ0) is 21.5. The average molecular weight is 411 g/mol. The predicted octanol–water partition coefficient (Wildman–Crippen LogP) is 1.31. The first-order valence-corrected chi connectivity index (χ1v) is 8.47. The summed E-state index contributed by atoms with van der Waals surface area (Å²) in [6.45, 7) is 2.78. The maximum absolute atomic E-state index is 12.6. The Morgan fingerprint density at radius 3 is 2.45 bits per heavy atom. The number of hydrogen-bond acceptors (Lipinski definition) is 6. The van der Waals surface area contributed by atoms with Gasteiger partial charge in [-0.15, -0.1) is 9.50 Å². The topological polar surface area (TPSA) is 119 Å². The number of nitrogens with zero attached hydrogens (tertiary/aromatic N) is 4. The Kier molecular flexibility index (Phi) is 5.03. The second-order valence-electron chi connectivity index (χ2n) is 6.42. The minimum Gasteiger partial charge on any atom is -0.463 e. The quantitative estimate of drug-likeness (QED) is 0.647. The molecule has 3 aromatic heterocycles. The fourth-order valence-electron chi connectivity index (χ4n) is 3.03. The molecular formula is C17H18F3N6O3+. The summed E-state index contributed by atoms with van der Waals surface area (Å²) in [5, 5.41) is 4.03. The van der Waals surface area contributed by atoms with Crippen molar-refractivity contribution >= 4 is 17.6 Å². The summed E-state index contributed by atoms with van der Waals surface area (Å²) in [5.74, 6) is -1.05. The van der Waals surface area contributed by atoms with Crippen LogP contribution < -0.4 is 16.4 Å². The lowest BCUT2D eigenvalue weighted by molar-refractivity contribution is -0.370. The number of ether oxygens (including phenoxy) is 1. The molecule has 12 heteroatoms. The van der Waals surface area contributed by atoms with Gasteiger partial charge in [0.05, 0.1) is 25.6 Å². The van der Waals surface area contributed by atoms with Crippen LogP contribution in [0.3, 0.4) is 0 Å². The molecule has 0 fully saturated rings. The molecule has 3 heterocycles. The Bertz CT molecular complexity index is 1150. The molecule has 0 aliphatic heterocycles. The van der Waals surface area contributed by atoms with E-state index < -0.39 is 30.8 Å². The molecule has 3 N–H and O–H groups in total. The predicted molar refractivity (Wildman–Crippen MR) is 95.1 cm³/mol. The molecular weight excluding hydrogens is 393 g/mol. The Balaban J connectivity index is 2.35. The van der Waals surface area contributed by atoms with Crippen molar-refractivity contribution in [3.63, 3.8) is 0 Å². The summed E-state index contributed by atoms with van der Waals surface area (Å²) in [6.07, 6.45) is -5.71. The number of anilines is 1. The number of pyridine rings is 1. The lowest BCUT2D eigenvalue weighted by Gasteiger charge is -2.08. The number of hydrogen-bond donors (Lipinski definition) is 1. The number of aromatic amines is 1. The molecule has 0 spiro atoms. The van der Waals surface area contributed by atoms with Crippen molar-refractivity contribution in [1.82, 2.24) is 19.2 Å². The minimum atomic E-state index is -4.47. The lowest BCUT2D eigenvalue weighted by atomic mass is 10.0.